The van der Waals surface area contributed by atoms with E-state index < -0.39 is 0 Å². The molecule has 16 heavy (non-hydrogen) atoms. The summed E-state index contributed by atoms with van der Waals surface area (Å²) >= 11 is 0. The van der Waals surface area contributed by atoms with Crippen molar-refractivity contribution in [2.45, 2.75) is 6.42 Å². The summed E-state index contributed by atoms with van der Waals surface area (Å²) in [6.45, 7) is 4.11. The minimum absolute atomic E-state index is 0.280. The quantitative estimate of drug-likeness (QED) is 0.660. The minimum Gasteiger partial charge on any atom is -0.392 e. The standard InChI is InChI=1S/C15H15N/c1-12-7-3-2-4-10-15(12)13-8-5-6-9-14(16)11-13/h2-5,7-8,11,13,15H,1,10,16H2. The van der Waals surface area contributed by atoms with Gasteiger partial charge in [0.1, 0.15) is 0 Å². The summed E-state index contributed by atoms with van der Waals surface area (Å²) in [5, 5.41) is 0. The summed E-state index contributed by atoms with van der Waals surface area (Å²) in [5.74, 6) is 6.45. The molecule has 0 aromatic rings. The molecule has 2 atom stereocenters. The van der Waals surface area contributed by atoms with Gasteiger partial charge in [-0.15, -0.1) is 0 Å². The average Bonchev–Trinajstić information content (AvgIpc) is 2.58. The molecular weight excluding hydrogens is 194 g/mol. The van der Waals surface area contributed by atoms with Crippen LogP contribution in [0, 0.1) is 23.7 Å². The van der Waals surface area contributed by atoms with Crippen molar-refractivity contribution in [3.63, 3.8) is 0 Å². The van der Waals surface area contributed by atoms with Crippen molar-refractivity contribution in [3.05, 3.63) is 60.4 Å². The molecule has 0 aromatic carbocycles. The van der Waals surface area contributed by atoms with Gasteiger partial charge in [0, 0.05) is 5.92 Å². The molecule has 2 aliphatic carbocycles. The lowest BCUT2D eigenvalue weighted by Gasteiger charge is -2.20. The molecule has 80 valence electrons. The van der Waals surface area contributed by atoms with E-state index in [2.05, 4.69) is 42.7 Å². The Hall–Kier alpha value is -1.94. The lowest BCUT2D eigenvalue weighted by Crippen LogP contribution is -2.12. The molecule has 2 aliphatic rings. The Kier molecular flexibility index (Phi) is 3.12. The van der Waals surface area contributed by atoms with Gasteiger partial charge in [-0.05, 0) is 30.4 Å². The van der Waals surface area contributed by atoms with Crippen LogP contribution in [-0.4, -0.2) is 0 Å². The van der Waals surface area contributed by atoms with Crippen LogP contribution in [0.15, 0.2) is 60.4 Å². The highest BCUT2D eigenvalue weighted by atomic mass is 14.6. The first-order valence-electron chi connectivity index (χ1n) is 5.45. The van der Waals surface area contributed by atoms with Crippen LogP contribution in [0.4, 0.5) is 0 Å². The molecule has 0 radical (unpaired) electrons. The van der Waals surface area contributed by atoms with Crippen LogP contribution in [0.1, 0.15) is 6.42 Å². The first kappa shape index (κ1) is 10.6. The van der Waals surface area contributed by atoms with Gasteiger partial charge >= 0.3 is 0 Å². The first-order chi connectivity index (χ1) is 7.77. The Morgan fingerprint density at radius 1 is 1.38 bits per heavy atom. The maximum absolute atomic E-state index is 5.80. The normalized spacial score (nSPS) is 27.8. The van der Waals surface area contributed by atoms with Gasteiger partial charge in [-0.25, -0.2) is 0 Å². The minimum atomic E-state index is 0.280. The largest absolute Gasteiger partial charge is 0.392 e. The smallest absolute Gasteiger partial charge is 0.0796 e. The van der Waals surface area contributed by atoms with Gasteiger partial charge in [0.15, 0.2) is 0 Å². The van der Waals surface area contributed by atoms with E-state index in [1.165, 1.54) is 0 Å². The van der Waals surface area contributed by atoms with Gasteiger partial charge in [0.05, 0.1) is 5.70 Å². The van der Waals surface area contributed by atoms with Gasteiger partial charge in [0.25, 0.3) is 0 Å². The third-order valence-electron chi connectivity index (χ3n) is 2.88. The summed E-state index contributed by atoms with van der Waals surface area (Å²) in [4.78, 5) is 0. The monoisotopic (exact) mass is 209 g/mol. The van der Waals surface area contributed by atoms with Gasteiger partial charge < -0.3 is 5.73 Å². The second-order valence-corrected chi connectivity index (χ2v) is 4.03. The van der Waals surface area contributed by atoms with Crippen LogP contribution in [-0.2, 0) is 0 Å². The molecule has 1 nitrogen and oxygen atoms in total. The summed E-state index contributed by atoms with van der Waals surface area (Å²) in [6, 6.07) is 0. The van der Waals surface area contributed by atoms with Crippen molar-refractivity contribution < 1.29 is 0 Å². The fourth-order valence-corrected chi connectivity index (χ4v) is 2.00. The zero-order chi connectivity index (χ0) is 11.4. The molecule has 0 saturated carbocycles. The molecule has 0 heterocycles. The van der Waals surface area contributed by atoms with E-state index in [0.29, 0.717) is 11.6 Å². The van der Waals surface area contributed by atoms with E-state index in [-0.39, 0.29) is 5.92 Å². The number of allylic oxidation sites excluding steroid dienone is 9. The van der Waals surface area contributed by atoms with Gasteiger partial charge in [-0.1, -0.05) is 48.5 Å². The van der Waals surface area contributed by atoms with Crippen molar-refractivity contribution in [2.75, 3.05) is 0 Å². The fraction of sp³-hybridized carbons (Fsp3) is 0.200. The molecule has 0 saturated heterocycles. The summed E-state index contributed by atoms with van der Waals surface area (Å²) < 4.78 is 0. The van der Waals surface area contributed by atoms with Gasteiger partial charge in [0.2, 0.25) is 0 Å². The maximum Gasteiger partial charge on any atom is 0.0796 e. The van der Waals surface area contributed by atoms with Gasteiger partial charge in [-0.3, -0.25) is 0 Å². The first-order valence-corrected chi connectivity index (χ1v) is 5.45. The van der Waals surface area contributed by atoms with Crippen LogP contribution < -0.4 is 5.73 Å². The van der Waals surface area contributed by atoms with E-state index in [0.717, 1.165) is 12.0 Å². The van der Waals surface area contributed by atoms with Crippen LogP contribution in [0.5, 0.6) is 0 Å². The number of hydrogen-bond donors (Lipinski definition) is 1. The predicted molar refractivity (Wildman–Crippen MR) is 68.2 cm³/mol. The zero-order valence-corrected chi connectivity index (χ0v) is 9.19. The van der Waals surface area contributed by atoms with Gasteiger partial charge in [-0.2, -0.15) is 0 Å². The van der Waals surface area contributed by atoms with Crippen LogP contribution in [0.25, 0.3) is 0 Å². The zero-order valence-electron chi connectivity index (χ0n) is 9.19. The molecule has 0 aromatic heterocycles. The van der Waals surface area contributed by atoms with Crippen LogP contribution in [0.3, 0.4) is 0 Å². The highest BCUT2D eigenvalue weighted by Crippen LogP contribution is 2.29. The van der Waals surface area contributed by atoms with E-state index in [1.807, 2.05) is 18.2 Å². The Bertz CT molecular complexity index is 463. The lowest BCUT2D eigenvalue weighted by molar-refractivity contribution is 0.545. The molecule has 0 amide bonds. The Morgan fingerprint density at radius 2 is 2.25 bits per heavy atom. The molecule has 0 spiro atoms. The number of rotatable bonds is 1. The molecule has 1 heteroatoms. The SMILES string of the molecule is C=C1C=CC=CCC1C1C=CC#CC(N)=C1. The topological polar surface area (TPSA) is 26.0 Å². The molecule has 0 bridgehead atoms. The number of nitrogens with two attached hydrogens (primary N) is 1. The third-order valence-corrected chi connectivity index (χ3v) is 2.88. The highest BCUT2D eigenvalue weighted by Gasteiger charge is 2.19. The van der Waals surface area contributed by atoms with Crippen LogP contribution >= 0.6 is 0 Å². The molecule has 2 rings (SSSR count). The maximum atomic E-state index is 5.80. The molecule has 0 fully saturated rings. The Morgan fingerprint density at radius 3 is 3.12 bits per heavy atom. The van der Waals surface area contributed by atoms with Crippen molar-refractivity contribution in [1.82, 2.24) is 0 Å². The van der Waals surface area contributed by atoms with Crippen molar-refractivity contribution in [2.24, 2.45) is 17.6 Å². The summed E-state index contributed by atoms with van der Waals surface area (Å²) in [7, 11) is 0. The van der Waals surface area contributed by atoms with Crippen molar-refractivity contribution >= 4 is 0 Å². The van der Waals surface area contributed by atoms with E-state index in [4.69, 9.17) is 5.73 Å². The molecule has 0 aliphatic heterocycles. The number of hydrogen-bond acceptors (Lipinski definition) is 1. The summed E-state index contributed by atoms with van der Waals surface area (Å²) in [6.07, 6.45) is 15.3. The van der Waals surface area contributed by atoms with E-state index >= 15 is 0 Å². The average molecular weight is 209 g/mol. The molecule has 2 unspecified atom stereocenters. The highest BCUT2D eigenvalue weighted by molar-refractivity contribution is 5.37. The third kappa shape index (κ3) is 2.35. The second-order valence-electron chi connectivity index (χ2n) is 4.03. The Labute approximate surface area is 96.7 Å². The van der Waals surface area contributed by atoms with E-state index in [9.17, 15) is 0 Å². The lowest BCUT2D eigenvalue weighted by atomic mass is 9.83. The van der Waals surface area contributed by atoms with Crippen molar-refractivity contribution in [3.8, 4) is 11.8 Å². The molecule has 2 N–H and O–H groups in total. The van der Waals surface area contributed by atoms with Crippen LogP contribution in [0.2, 0.25) is 0 Å². The van der Waals surface area contributed by atoms with E-state index in [1.54, 1.807) is 0 Å². The Balaban J connectivity index is 2.24. The predicted octanol–water partition coefficient (Wildman–Crippen LogP) is 2.71. The van der Waals surface area contributed by atoms with Crippen molar-refractivity contribution in [1.29, 1.82) is 0 Å². The second kappa shape index (κ2) is 4.72. The summed E-state index contributed by atoms with van der Waals surface area (Å²) in [5.41, 5.74) is 7.59. The molecular formula is C15H15N. The fourth-order valence-electron chi connectivity index (χ4n) is 2.00.